The van der Waals surface area contributed by atoms with Gasteiger partial charge in [-0.2, -0.15) is 0 Å². The van der Waals surface area contributed by atoms with E-state index < -0.39 is 0 Å². The molecule has 0 spiro atoms. The fourth-order valence-corrected chi connectivity index (χ4v) is 3.50. The number of hydrogen-bond acceptors (Lipinski definition) is 8. The lowest BCUT2D eigenvalue weighted by Gasteiger charge is -2.18. The van der Waals surface area contributed by atoms with Gasteiger partial charge in [0, 0.05) is 28.0 Å². The molecule has 4 rings (SSSR count). The van der Waals surface area contributed by atoms with Gasteiger partial charge in [0.15, 0.2) is 23.0 Å². The molecule has 156 valence electrons. The Labute approximate surface area is 172 Å². The highest BCUT2D eigenvalue weighted by atomic mass is 16.7. The molecule has 1 aliphatic heterocycles. The van der Waals surface area contributed by atoms with Gasteiger partial charge in [0.1, 0.15) is 17.2 Å². The van der Waals surface area contributed by atoms with Crippen molar-refractivity contribution in [3.63, 3.8) is 0 Å². The minimum Gasteiger partial charge on any atom is -0.507 e. The molecule has 3 aromatic rings. The summed E-state index contributed by atoms with van der Waals surface area (Å²) in [5.74, 6) is 2.35. The molecule has 1 aliphatic rings. The summed E-state index contributed by atoms with van der Waals surface area (Å²) in [5, 5.41) is 14.9. The molecule has 0 aromatic heterocycles. The lowest BCUT2D eigenvalue weighted by Crippen LogP contribution is -2.06. The molecule has 0 aliphatic carbocycles. The first-order chi connectivity index (χ1) is 14.5. The van der Waals surface area contributed by atoms with E-state index in [2.05, 4.69) is 5.18 Å². The third-order valence-corrected chi connectivity index (χ3v) is 4.81. The first kappa shape index (κ1) is 19.6. The van der Waals surface area contributed by atoms with E-state index in [4.69, 9.17) is 23.7 Å². The van der Waals surface area contributed by atoms with Gasteiger partial charge in [-0.3, -0.25) is 0 Å². The molecule has 1 N–H and O–H groups in total. The number of ether oxygens (including phenoxy) is 5. The maximum atomic E-state index is 11.9. The molecule has 8 nitrogen and oxygen atoms in total. The van der Waals surface area contributed by atoms with Gasteiger partial charge in [0.05, 0.1) is 20.3 Å². The molecule has 8 heteroatoms. The van der Waals surface area contributed by atoms with Gasteiger partial charge in [-0.05, 0) is 43.3 Å². The Morgan fingerprint density at radius 2 is 1.53 bits per heavy atom. The highest BCUT2D eigenvalue weighted by Gasteiger charge is 2.24. The van der Waals surface area contributed by atoms with E-state index in [1.54, 1.807) is 24.3 Å². The summed E-state index contributed by atoms with van der Waals surface area (Å²) in [4.78, 5) is 11.9. The Hall–Kier alpha value is -3.68. The highest BCUT2D eigenvalue weighted by Crippen LogP contribution is 2.50. The van der Waals surface area contributed by atoms with Crippen LogP contribution in [0.2, 0.25) is 0 Å². The van der Waals surface area contributed by atoms with Crippen LogP contribution in [-0.2, 0) is 0 Å². The Kier molecular flexibility index (Phi) is 4.99. The molecular weight excluding hydrogens is 390 g/mol. The molecule has 0 atom stereocenters. The summed E-state index contributed by atoms with van der Waals surface area (Å²) in [7, 11) is 2.99. The lowest BCUT2D eigenvalue weighted by molar-refractivity contribution is 0.173. The number of aromatic hydroxyl groups is 1. The molecule has 0 saturated carbocycles. The SMILES string of the molecule is COc1cc2c(O)cc(-c3cc4c(cc3OC(C)C)OCO4)c(N=O)c2cc1OC. The van der Waals surface area contributed by atoms with Crippen LogP contribution in [0, 0.1) is 4.91 Å². The number of rotatable bonds is 6. The zero-order valence-corrected chi connectivity index (χ0v) is 17.0. The predicted octanol–water partition coefficient (Wildman–Crippen LogP) is 5.14. The van der Waals surface area contributed by atoms with Crippen LogP contribution < -0.4 is 23.7 Å². The molecule has 1 heterocycles. The van der Waals surface area contributed by atoms with Crippen molar-refractivity contribution in [3.8, 4) is 45.6 Å². The van der Waals surface area contributed by atoms with Crippen molar-refractivity contribution in [3.05, 3.63) is 35.2 Å². The average molecular weight is 411 g/mol. The van der Waals surface area contributed by atoms with Crippen LogP contribution in [0.1, 0.15) is 13.8 Å². The van der Waals surface area contributed by atoms with Gasteiger partial charge in [-0.25, -0.2) is 0 Å². The van der Waals surface area contributed by atoms with Crippen molar-refractivity contribution in [1.29, 1.82) is 0 Å². The second-order valence-corrected chi connectivity index (χ2v) is 7.00. The normalized spacial score (nSPS) is 12.3. The Bertz CT molecular complexity index is 1140. The largest absolute Gasteiger partial charge is 0.507 e. The van der Waals surface area contributed by atoms with Crippen molar-refractivity contribution in [2.45, 2.75) is 20.0 Å². The number of nitroso groups, excluding NO2 is 1. The number of benzene rings is 3. The Morgan fingerprint density at radius 1 is 0.900 bits per heavy atom. The molecule has 0 unspecified atom stereocenters. The van der Waals surface area contributed by atoms with Crippen molar-refractivity contribution < 1.29 is 28.8 Å². The minimum absolute atomic E-state index is 0.0403. The van der Waals surface area contributed by atoms with Crippen LogP contribution >= 0.6 is 0 Å². The summed E-state index contributed by atoms with van der Waals surface area (Å²) in [5.41, 5.74) is 1.09. The summed E-state index contributed by atoms with van der Waals surface area (Å²) >= 11 is 0. The fourth-order valence-electron chi connectivity index (χ4n) is 3.50. The number of fused-ring (bicyclic) bond motifs is 2. The second-order valence-electron chi connectivity index (χ2n) is 7.00. The van der Waals surface area contributed by atoms with Crippen molar-refractivity contribution in [1.82, 2.24) is 0 Å². The highest BCUT2D eigenvalue weighted by molar-refractivity contribution is 6.05. The molecule has 0 radical (unpaired) electrons. The summed E-state index contributed by atoms with van der Waals surface area (Å²) < 4.78 is 27.6. The first-order valence-electron chi connectivity index (χ1n) is 9.32. The molecule has 3 aromatic carbocycles. The molecule has 0 fully saturated rings. The number of hydrogen-bond donors (Lipinski definition) is 1. The average Bonchev–Trinajstić information content (AvgIpc) is 3.19. The number of phenols is 1. The summed E-state index contributed by atoms with van der Waals surface area (Å²) in [6, 6.07) is 8.13. The van der Waals surface area contributed by atoms with E-state index in [9.17, 15) is 10.0 Å². The van der Waals surface area contributed by atoms with Crippen LogP contribution in [0.4, 0.5) is 5.69 Å². The van der Waals surface area contributed by atoms with Crippen molar-refractivity contribution in [2.24, 2.45) is 5.18 Å². The van der Waals surface area contributed by atoms with Gasteiger partial charge in [0.25, 0.3) is 0 Å². The van der Waals surface area contributed by atoms with Crippen molar-refractivity contribution in [2.75, 3.05) is 21.0 Å². The number of methoxy groups -OCH3 is 2. The third-order valence-electron chi connectivity index (χ3n) is 4.81. The van der Waals surface area contributed by atoms with Gasteiger partial charge in [-0.1, -0.05) is 0 Å². The van der Waals surface area contributed by atoms with E-state index in [0.717, 1.165) is 0 Å². The smallest absolute Gasteiger partial charge is 0.231 e. The van der Waals surface area contributed by atoms with Gasteiger partial charge >= 0.3 is 0 Å². The molecular formula is C22H21NO7. The van der Waals surface area contributed by atoms with Gasteiger partial charge in [0.2, 0.25) is 6.79 Å². The van der Waals surface area contributed by atoms with E-state index in [0.29, 0.717) is 50.6 Å². The van der Waals surface area contributed by atoms with Crippen LogP contribution in [-0.4, -0.2) is 32.2 Å². The number of phenolic OH excluding ortho intramolecular Hbond substituents is 1. The van der Waals surface area contributed by atoms with Crippen LogP contribution in [0.15, 0.2) is 35.5 Å². The van der Waals surface area contributed by atoms with Crippen LogP contribution in [0.5, 0.6) is 34.5 Å². The maximum Gasteiger partial charge on any atom is 0.231 e. The summed E-state index contributed by atoms with van der Waals surface area (Å²) in [6.45, 7) is 3.88. The zero-order valence-electron chi connectivity index (χ0n) is 17.0. The van der Waals surface area contributed by atoms with Gasteiger partial charge < -0.3 is 28.8 Å². The Morgan fingerprint density at radius 3 is 2.13 bits per heavy atom. The van der Waals surface area contributed by atoms with E-state index in [1.165, 1.54) is 20.3 Å². The standard InChI is InChI=1S/C22H21NO7/c1-11(2)30-17-9-21-20(28-10-29-21)7-13(17)14-5-16(24)12-6-18(26-3)19(27-4)8-15(12)22(14)23-25/h5-9,11,24H,10H2,1-4H3. The fraction of sp³-hybridized carbons (Fsp3) is 0.273. The topological polar surface area (TPSA) is 95.8 Å². The molecule has 0 saturated heterocycles. The van der Waals surface area contributed by atoms with Crippen molar-refractivity contribution >= 4 is 16.5 Å². The minimum atomic E-state index is -0.129. The Balaban J connectivity index is 2.03. The third kappa shape index (κ3) is 3.20. The molecule has 0 amide bonds. The molecule has 0 bridgehead atoms. The zero-order chi connectivity index (χ0) is 21.4. The van der Waals surface area contributed by atoms with E-state index >= 15 is 0 Å². The van der Waals surface area contributed by atoms with Crippen LogP contribution in [0.25, 0.3) is 21.9 Å². The van der Waals surface area contributed by atoms with Gasteiger partial charge in [-0.15, -0.1) is 4.91 Å². The number of nitrogens with zero attached hydrogens (tertiary/aromatic N) is 1. The predicted molar refractivity (Wildman–Crippen MR) is 111 cm³/mol. The summed E-state index contributed by atoms with van der Waals surface area (Å²) in [6.07, 6.45) is -0.129. The first-order valence-corrected chi connectivity index (χ1v) is 9.32. The lowest BCUT2D eigenvalue weighted by atomic mass is 9.96. The molecule has 30 heavy (non-hydrogen) atoms. The quantitative estimate of drug-likeness (QED) is 0.561. The van der Waals surface area contributed by atoms with Crippen LogP contribution in [0.3, 0.4) is 0 Å². The van der Waals surface area contributed by atoms with E-state index in [1.807, 2.05) is 13.8 Å². The second kappa shape index (κ2) is 7.62. The monoisotopic (exact) mass is 411 g/mol. The van der Waals surface area contributed by atoms with E-state index in [-0.39, 0.29) is 24.3 Å². The maximum absolute atomic E-state index is 11.9.